The number of rotatable bonds is 9. The highest BCUT2D eigenvalue weighted by Crippen LogP contribution is 2.16. The van der Waals surface area contributed by atoms with E-state index in [1.807, 2.05) is 12.1 Å². The Kier molecular flexibility index (Phi) is 7.92. The molecule has 0 aliphatic carbocycles. The molecule has 0 aliphatic heterocycles. The predicted molar refractivity (Wildman–Crippen MR) is 93.4 cm³/mol. The van der Waals surface area contributed by atoms with Crippen LogP contribution in [0.5, 0.6) is 0 Å². The van der Waals surface area contributed by atoms with Crippen molar-refractivity contribution < 1.29 is 8.42 Å². The first-order valence-electron chi connectivity index (χ1n) is 7.39. The maximum atomic E-state index is 11.4. The van der Waals surface area contributed by atoms with E-state index in [0.717, 1.165) is 24.0 Å². The number of nitrogens with one attached hydrogen (secondary N) is 1. The molecule has 1 N–H and O–H groups in total. The summed E-state index contributed by atoms with van der Waals surface area (Å²) in [6.45, 7) is 6.18. The van der Waals surface area contributed by atoms with E-state index >= 15 is 0 Å². The highest BCUT2D eigenvalue weighted by atomic mass is 79.9. The molecular formula is C16H26BrNO2S. The molecule has 1 unspecified atom stereocenters. The first kappa shape index (κ1) is 18.7. The van der Waals surface area contributed by atoms with Gasteiger partial charge < -0.3 is 5.32 Å². The van der Waals surface area contributed by atoms with E-state index in [2.05, 4.69) is 47.2 Å². The van der Waals surface area contributed by atoms with E-state index in [1.165, 1.54) is 11.8 Å². The lowest BCUT2D eigenvalue weighted by Gasteiger charge is -2.18. The molecule has 0 saturated heterocycles. The minimum Gasteiger partial charge on any atom is -0.316 e. The van der Waals surface area contributed by atoms with Crippen LogP contribution in [0.1, 0.15) is 25.8 Å². The fourth-order valence-corrected chi connectivity index (χ4v) is 3.21. The van der Waals surface area contributed by atoms with Crippen molar-refractivity contribution in [3.8, 4) is 0 Å². The van der Waals surface area contributed by atoms with E-state index in [0.29, 0.717) is 18.3 Å². The van der Waals surface area contributed by atoms with Gasteiger partial charge in [0.15, 0.2) is 0 Å². The van der Waals surface area contributed by atoms with Gasteiger partial charge in [0.25, 0.3) is 0 Å². The lowest BCUT2D eigenvalue weighted by atomic mass is 9.96. The average Bonchev–Trinajstić information content (AvgIpc) is 2.37. The zero-order valence-corrected chi connectivity index (χ0v) is 15.5. The first-order valence-corrected chi connectivity index (χ1v) is 10.2. The molecule has 120 valence electrons. The first-order chi connectivity index (χ1) is 9.76. The van der Waals surface area contributed by atoms with Crippen molar-refractivity contribution in [3.05, 3.63) is 34.3 Å². The van der Waals surface area contributed by atoms with E-state index in [1.54, 1.807) is 0 Å². The summed E-state index contributed by atoms with van der Waals surface area (Å²) in [6, 6.07) is 8.26. The van der Waals surface area contributed by atoms with Gasteiger partial charge in [0.2, 0.25) is 0 Å². The average molecular weight is 376 g/mol. The van der Waals surface area contributed by atoms with Gasteiger partial charge in [-0.3, -0.25) is 0 Å². The van der Waals surface area contributed by atoms with Gasteiger partial charge in [0.1, 0.15) is 9.84 Å². The Bertz CT molecular complexity index is 512. The third kappa shape index (κ3) is 9.27. The number of sulfone groups is 1. The van der Waals surface area contributed by atoms with E-state index < -0.39 is 9.84 Å². The second-order valence-electron chi connectivity index (χ2n) is 6.17. The molecule has 0 amide bonds. The van der Waals surface area contributed by atoms with Crippen LogP contribution < -0.4 is 5.32 Å². The van der Waals surface area contributed by atoms with E-state index in [-0.39, 0.29) is 5.75 Å². The van der Waals surface area contributed by atoms with Crippen molar-refractivity contribution in [1.29, 1.82) is 0 Å². The summed E-state index contributed by atoms with van der Waals surface area (Å²) in [5.41, 5.74) is 1.25. The molecule has 1 atom stereocenters. The molecule has 0 spiro atoms. The van der Waals surface area contributed by atoms with Gasteiger partial charge in [0, 0.05) is 10.7 Å². The van der Waals surface area contributed by atoms with Crippen LogP contribution >= 0.6 is 15.9 Å². The molecule has 1 aromatic carbocycles. The zero-order valence-electron chi connectivity index (χ0n) is 13.1. The standard InChI is InChI=1S/C16H26BrNO2S/c1-13(2)11-18-12-15(8-9-21(3,19)20)10-14-4-6-16(17)7-5-14/h4-7,13,15,18H,8-12H2,1-3H3. The molecule has 21 heavy (non-hydrogen) atoms. The zero-order chi connectivity index (χ0) is 15.9. The molecule has 0 aliphatic rings. The summed E-state index contributed by atoms with van der Waals surface area (Å²) in [7, 11) is -2.89. The Hall–Kier alpha value is -0.390. The summed E-state index contributed by atoms with van der Waals surface area (Å²) in [4.78, 5) is 0. The smallest absolute Gasteiger partial charge is 0.147 e. The van der Waals surface area contributed by atoms with Crippen molar-refractivity contribution in [1.82, 2.24) is 5.32 Å². The summed E-state index contributed by atoms with van der Waals surface area (Å²) in [6.07, 6.45) is 2.93. The topological polar surface area (TPSA) is 46.2 Å². The molecule has 3 nitrogen and oxygen atoms in total. The van der Waals surface area contributed by atoms with Gasteiger partial charge in [-0.1, -0.05) is 41.9 Å². The van der Waals surface area contributed by atoms with Crippen LogP contribution in [-0.2, 0) is 16.3 Å². The highest BCUT2D eigenvalue weighted by Gasteiger charge is 2.13. The van der Waals surface area contributed by atoms with Gasteiger partial charge in [0.05, 0.1) is 5.75 Å². The summed E-state index contributed by atoms with van der Waals surface area (Å²) in [5, 5.41) is 3.45. The predicted octanol–water partition coefficient (Wildman–Crippen LogP) is 3.29. The van der Waals surface area contributed by atoms with Crippen molar-refractivity contribution in [2.24, 2.45) is 11.8 Å². The van der Waals surface area contributed by atoms with Crippen LogP contribution in [0.25, 0.3) is 0 Å². The third-order valence-electron chi connectivity index (χ3n) is 3.32. The molecule has 0 heterocycles. The lowest BCUT2D eigenvalue weighted by molar-refractivity contribution is 0.437. The molecule has 0 radical (unpaired) electrons. The monoisotopic (exact) mass is 375 g/mol. The van der Waals surface area contributed by atoms with Gasteiger partial charge >= 0.3 is 0 Å². The van der Waals surface area contributed by atoms with Crippen molar-refractivity contribution in [3.63, 3.8) is 0 Å². The van der Waals surface area contributed by atoms with Crippen molar-refractivity contribution >= 4 is 25.8 Å². The minimum absolute atomic E-state index is 0.261. The van der Waals surface area contributed by atoms with Crippen molar-refractivity contribution in [2.45, 2.75) is 26.7 Å². The lowest BCUT2D eigenvalue weighted by Crippen LogP contribution is -2.28. The van der Waals surface area contributed by atoms with E-state index in [9.17, 15) is 8.42 Å². The molecular weight excluding hydrogens is 350 g/mol. The van der Waals surface area contributed by atoms with Gasteiger partial charge in [-0.15, -0.1) is 0 Å². The van der Waals surface area contributed by atoms with Crippen LogP contribution in [0.2, 0.25) is 0 Å². The highest BCUT2D eigenvalue weighted by molar-refractivity contribution is 9.10. The SMILES string of the molecule is CC(C)CNCC(CCS(C)(=O)=O)Cc1ccc(Br)cc1. The molecule has 0 aromatic heterocycles. The van der Waals surface area contributed by atoms with Crippen LogP contribution in [0, 0.1) is 11.8 Å². The molecule has 1 rings (SSSR count). The summed E-state index contributed by atoms with van der Waals surface area (Å²) >= 11 is 3.43. The van der Waals surface area contributed by atoms with Crippen LogP contribution in [0.4, 0.5) is 0 Å². The fourth-order valence-electron chi connectivity index (χ4n) is 2.19. The largest absolute Gasteiger partial charge is 0.316 e. The molecule has 0 fully saturated rings. The second-order valence-corrected chi connectivity index (χ2v) is 9.34. The normalized spacial score (nSPS) is 13.6. The third-order valence-corrected chi connectivity index (χ3v) is 4.83. The molecule has 0 saturated carbocycles. The maximum Gasteiger partial charge on any atom is 0.147 e. The van der Waals surface area contributed by atoms with Gasteiger partial charge in [-0.25, -0.2) is 8.42 Å². The Morgan fingerprint density at radius 1 is 1.14 bits per heavy atom. The Balaban J connectivity index is 2.59. The number of hydrogen-bond donors (Lipinski definition) is 1. The Labute approximate surface area is 137 Å². The van der Waals surface area contributed by atoms with Crippen LogP contribution in [-0.4, -0.2) is 33.5 Å². The Morgan fingerprint density at radius 3 is 2.29 bits per heavy atom. The molecule has 5 heteroatoms. The maximum absolute atomic E-state index is 11.4. The fraction of sp³-hybridized carbons (Fsp3) is 0.625. The number of halogens is 1. The Morgan fingerprint density at radius 2 is 1.76 bits per heavy atom. The number of hydrogen-bond acceptors (Lipinski definition) is 3. The van der Waals surface area contributed by atoms with Crippen LogP contribution in [0.15, 0.2) is 28.7 Å². The van der Waals surface area contributed by atoms with Gasteiger partial charge in [-0.05, 0) is 55.5 Å². The summed E-state index contributed by atoms with van der Waals surface area (Å²) in [5.74, 6) is 1.21. The minimum atomic E-state index is -2.89. The van der Waals surface area contributed by atoms with E-state index in [4.69, 9.17) is 0 Å². The van der Waals surface area contributed by atoms with Gasteiger partial charge in [-0.2, -0.15) is 0 Å². The van der Waals surface area contributed by atoms with Crippen molar-refractivity contribution in [2.75, 3.05) is 25.1 Å². The number of benzene rings is 1. The van der Waals surface area contributed by atoms with Crippen LogP contribution in [0.3, 0.4) is 0 Å². The quantitative estimate of drug-likeness (QED) is 0.720. The summed E-state index contributed by atoms with van der Waals surface area (Å²) < 4.78 is 23.8. The second kappa shape index (κ2) is 8.91. The molecule has 1 aromatic rings. The molecule has 0 bridgehead atoms.